The van der Waals surface area contributed by atoms with Crippen molar-refractivity contribution in [2.75, 3.05) is 32.7 Å². The van der Waals surface area contributed by atoms with Crippen LogP contribution in [0.2, 0.25) is 0 Å². The topological polar surface area (TPSA) is 62.2 Å². The SMILES string of the molecule is Cc1cnn(-c2ccc(C(=O)NCC(N3CCNCC3)C(F)(F)F)cc2)c1.Cl. The summed E-state index contributed by atoms with van der Waals surface area (Å²) in [6, 6.07) is 4.89. The highest BCUT2D eigenvalue weighted by Crippen LogP contribution is 2.25. The lowest BCUT2D eigenvalue weighted by Gasteiger charge is -2.35. The Hall–Kier alpha value is -2.10. The molecule has 3 rings (SSSR count). The Morgan fingerprint density at radius 1 is 1.25 bits per heavy atom. The fourth-order valence-electron chi connectivity index (χ4n) is 3.06. The number of alkyl halides is 3. The molecule has 1 saturated heterocycles. The van der Waals surface area contributed by atoms with Crippen molar-refractivity contribution < 1.29 is 18.0 Å². The van der Waals surface area contributed by atoms with Gasteiger partial charge < -0.3 is 10.6 Å². The summed E-state index contributed by atoms with van der Waals surface area (Å²) in [5.41, 5.74) is 2.08. The third-order valence-electron chi connectivity index (χ3n) is 4.53. The minimum absolute atomic E-state index is 0. The number of amides is 1. The Labute approximate surface area is 167 Å². The van der Waals surface area contributed by atoms with Gasteiger partial charge in [0.25, 0.3) is 5.91 Å². The first-order valence-corrected chi connectivity index (χ1v) is 8.76. The molecule has 154 valence electrons. The lowest BCUT2D eigenvalue weighted by molar-refractivity contribution is -0.183. The number of hydrogen-bond acceptors (Lipinski definition) is 4. The monoisotopic (exact) mass is 417 g/mol. The van der Waals surface area contributed by atoms with Crippen LogP contribution < -0.4 is 10.6 Å². The molecule has 1 fully saturated rings. The predicted octanol–water partition coefficient (Wildman–Crippen LogP) is 2.17. The molecule has 2 aromatic rings. The number of aryl methyl sites for hydroxylation is 1. The molecular weight excluding hydrogens is 395 g/mol. The maximum atomic E-state index is 13.4. The summed E-state index contributed by atoms with van der Waals surface area (Å²) in [6.45, 7) is 3.07. The highest BCUT2D eigenvalue weighted by molar-refractivity contribution is 5.94. The zero-order chi connectivity index (χ0) is 19.4. The summed E-state index contributed by atoms with van der Waals surface area (Å²) in [7, 11) is 0. The molecular formula is C18H23ClF3N5O. The molecule has 1 aromatic heterocycles. The van der Waals surface area contributed by atoms with Crippen LogP contribution in [0.25, 0.3) is 5.69 Å². The molecule has 1 aromatic carbocycles. The van der Waals surface area contributed by atoms with Crippen LogP contribution in [0, 0.1) is 6.92 Å². The van der Waals surface area contributed by atoms with E-state index in [9.17, 15) is 18.0 Å². The fraction of sp³-hybridized carbons (Fsp3) is 0.444. The van der Waals surface area contributed by atoms with E-state index in [1.54, 1.807) is 35.1 Å². The average Bonchev–Trinajstić information content (AvgIpc) is 3.08. The highest BCUT2D eigenvalue weighted by atomic mass is 35.5. The van der Waals surface area contributed by atoms with Gasteiger partial charge in [-0.1, -0.05) is 0 Å². The Morgan fingerprint density at radius 2 is 1.89 bits per heavy atom. The second kappa shape index (κ2) is 9.40. The van der Waals surface area contributed by atoms with Gasteiger partial charge in [0.1, 0.15) is 6.04 Å². The fourth-order valence-corrected chi connectivity index (χ4v) is 3.06. The maximum absolute atomic E-state index is 13.4. The zero-order valence-corrected chi connectivity index (χ0v) is 16.2. The summed E-state index contributed by atoms with van der Waals surface area (Å²) < 4.78 is 41.8. The molecule has 0 saturated carbocycles. The summed E-state index contributed by atoms with van der Waals surface area (Å²) in [5.74, 6) is -0.525. The number of nitrogens with zero attached hydrogens (tertiary/aromatic N) is 3. The summed E-state index contributed by atoms with van der Waals surface area (Å²) in [4.78, 5) is 13.6. The first-order chi connectivity index (χ1) is 12.8. The van der Waals surface area contributed by atoms with E-state index in [0.717, 1.165) is 11.3 Å². The van der Waals surface area contributed by atoms with Crippen molar-refractivity contribution in [1.29, 1.82) is 0 Å². The van der Waals surface area contributed by atoms with Gasteiger partial charge in [0, 0.05) is 44.5 Å². The minimum Gasteiger partial charge on any atom is -0.350 e. The van der Waals surface area contributed by atoms with Crippen LogP contribution in [0.4, 0.5) is 13.2 Å². The van der Waals surface area contributed by atoms with E-state index in [2.05, 4.69) is 15.7 Å². The quantitative estimate of drug-likeness (QED) is 0.782. The molecule has 28 heavy (non-hydrogen) atoms. The molecule has 2 heterocycles. The number of hydrogen-bond donors (Lipinski definition) is 2. The number of rotatable bonds is 5. The standard InChI is InChI=1S/C18H22F3N5O.ClH/c1-13-10-24-26(12-13)15-4-2-14(3-5-15)17(27)23-11-16(18(19,20)21)25-8-6-22-7-9-25;/h2-5,10,12,16,22H,6-9,11H2,1H3,(H,23,27);1H. The van der Waals surface area contributed by atoms with Crippen LogP contribution in [0.15, 0.2) is 36.7 Å². The van der Waals surface area contributed by atoms with Crippen molar-refractivity contribution in [3.8, 4) is 5.69 Å². The lowest BCUT2D eigenvalue weighted by Crippen LogP contribution is -2.57. The van der Waals surface area contributed by atoms with Crippen molar-refractivity contribution in [3.05, 3.63) is 47.8 Å². The van der Waals surface area contributed by atoms with Gasteiger partial charge in [-0.15, -0.1) is 12.4 Å². The highest BCUT2D eigenvalue weighted by Gasteiger charge is 2.43. The first kappa shape index (κ1) is 22.2. The first-order valence-electron chi connectivity index (χ1n) is 8.76. The predicted molar refractivity (Wildman–Crippen MR) is 102 cm³/mol. The number of halogens is 4. The van der Waals surface area contributed by atoms with Crippen molar-refractivity contribution in [1.82, 2.24) is 25.3 Å². The molecule has 2 N–H and O–H groups in total. The van der Waals surface area contributed by atoms with Gasteiger partial charge >= 0.3 is 6.18 Å². The van der Waals surface area contributed by atoms with Crippen molar-refractivity contribution in [2.45, 2.75) is 19.1 Å². The molecule has 1 aliphatic rings. The summed E-state index contributed by atoms with van der Waals surface area (Å²) in [6.07, 6.45) is -0.836. The lowest BCUT2D eigenvalue weighted by atomic mass is 10.1. The third-order valence-corrected chi connectivity index (χ3v) is 4.53. The average molecular weight is 418 g/mol. The second-order valence-electron chi connectivity index (χ2n) is 6.56. The van der Waals surface area contributed by atoms with Gasteiger partial charge in [-0.3, -0.25) is 9.69 Å². The number of carbonyl (C=O) groups is 1. The molecule has 0 aliphatic carbocycles. The largest absolute Gasteiger partial charge is 0.405 e. The smallest absolute Gasteiger partial charge is 0.350 e. The van der Waals surface area contributed by atoms with Gasteiger partial charge in [0.05, 0.1) is 11.9 Å². The van der Waals surface area contributed by atoms with E-state index < -0.39 is 24.7 Å². The van der Waals surface area contributed by atoms with E-state index in [1.165, 1.54) is 4.90 Å². The molecule has 0 spiro atoms. The Kier molecular flexibility index (Phi) is 7.45. The minimum atomic E-state index is -4.40. The number of nitrogens with one attached hydrogen (secondary N) is 2. The van der Waals surface area contributed by atoms with Crippen LogP contribution in [0.5, 0.6) is 0 Å². The maximum Gasteiger partial charge on any atom is 0.405 e. The van der Waals surface area contributed by atoms with Crippen molar-refractivity contribution >= 4 is 18.3 Å². The van der Waals surface area contributed by atoms with E-state index in [0.29, 0.717) is 31.7 Å². The molecule has 1 aliphatic heterocycles. The number of aromatic nitrogens is 2. The summed E-state index contributed by atoms with van der Waals surface area (Å²) in [5, 5.41) is 9.63. The van der Waals surface area contributed by atoms with Crippen LogP contribution in [-0.2, 0) is 0 Å². The molecule has 0 radical (unpaired) electrons. The van der Waals surface area contributed by atoms with Crippen LogP contribution in [0.1, 0.15) is 15.9 Å². The van der Waals surface area contributed by atoms with Crippen molar-refractivity contribution in [2.24, 2.45) is 0 Å². The van der Waals surface area contributed by atoms with E-state index >= 15 is 0 Å². The molecule has 1 atom stereocenters. The molecule has 10 heteroatoms. The molecule has 6 nitrogen and oxygen atoms in total. The number of carbonyl (C=O) groups excluding carboxylic acids is 1. The normalized spacial score (nSPS) is 16.3. The summed E-state index contributed by atoms with van der Waals surface area (Å²) >= 11 is 0. The van der Waals surface area contributed by atoms with Crippen LogP contribution in [0.3, 0.4) is 0 Å². The van der Waals surface area contributed by atoms with E-state index in [4.69, 9.17) is 0 Å². The van der Waals surface area contributed by atoms with Gasteiger partial charge in [-0.05, 0) is 36.8 Å². The third kappa shape index (κ3) is 5.46. The second-order valence-corrected chi connectivity index (χ2v) is 6.56. The van der Waals surface area contributed by atoms with Gasteiger partial charge in [0.2, 0.25) is 0 Å². The molecule has 0 bridgehead atoms. The molecule has 1 unspecified atom stereocenters. The Bertz CT molecular complexity index is 772. The molecule has 1 amide bonds. The number of benzene rings is 1. The Balaban J connectivity index is 0.00000280. The van der Waals surface area contributed by atoms with E-state index in [1.807, 2.05) is 13.1 Å². The zero-order valence-electron chi connectivity index (χ0n) is 15.4. The van der Waals surface area contributed by atoms with Crippen molar-refractivity contribution in [3.63, 3.8) is 0 Å². The van der Waals surface area contributed by atoms with Crippen LogP contribution in [-0.4, -0.2) is 65.5 Å². The number of piperazine rings is 1. The Morgan fingerprint density at radius 3 is 2.43 bits per heavy atom. The van der Waals surface area contributed by atoms with Gasteiger partial charge in [-0.2, -0.15) is 18.3 Å². The van der Waals surface area contributed by atoms with E-state index in [-0.39, 0.29) is 12.4 Å². The van der Waals surface area contributed by atoms with Gasteiger partial charge in [-0.25, -0.2) is 4.68 Å². The van der Waals surface area contributed by atoms with Gasteiger partial charge in [0.15, 0.2) is 0 Å². The van der Waals surface area contributed by atoms with Crippen LogP contribution >= 0.6 is 12.4 Å².